The van der Waals surface area contributed by atoms with Crippen molar-refractivity contribution in [1.82, 2.24) is 5.32 Å². The molecule has 0 heterocycles. The van der Waals surface area contributed by atoms with Crippen LogP contribution in [0.5, 0.6) is 0 Å². The van der Waals surface area contributed by atoms with Gasteiger partial charge in [-0.15, -0.1) is 0 Å². The number of nitrogens with one attached hydrogen (secondary N) is 1. The lowest BCUT2D eigenvalue weighted by Crippen LogP contribution is -2.38. The van der Waals surface area contributed by atoms with Gasteiger partial charge in [0.2, 0.25) is 0 Å². The van der Waals surface area contributed by atoms with Crippen LogP contribution in [0.2, 0.25) is 0 Å². The zero-order chi connectivity index (χ0) is 15.1. The molecule has 0 amide bonds. The van der Waals surface area contributed by atoms with Crippen LogP contribution in [-0.2, 0) is 4.79 Å². The monoisotopic (exact) mass is 287 g/mol. The molecule has 0 aliphatic rings. The number of benzene rings is 1. The summed E-state index contributed by atoms with van der Waals surface area (Å²) in [5, 5.41) is 21.8. The van der Waals surface area contributed by atoms with Gasteiger partial charge >= 0.3 is 5.97 Å². The van der Waals surface area contributed by atoms with Crippen molar-refractivity contribution < 1.29 is 23.8 Å². The number of aliphatic hydroxyl groups excluding tert-OH is 1. The molecule has 0 fully saturated rings. The predicted octanol–water partition coefficient (Wildman–Crippen LogP) is 2.23. The van der Waals surface area contributed by atoms with Crippen LogP contribution in [0.4, 0.5) is 8.78 Å². The van der Waals surface area contributed by atoms with Gasteiger partial charge in [-0.1, -0.05) is 13.3 Å². The first-order chi connectivity index (χ1) is 9.45. The molecule has 1 aromatic carbocycles. The van der Waals surface area contributed by atoms with Crippen LogP contribution in [0.3, 0.4) is 0 Å². The van der Waals surface area contributed by atoms with Crippen molar-refractivity contribution in [3.63, 3.8) is 0 Å². The summed E-state index contributed by atoms with van der Waals surface area (Å²) in [4.78, 5) is 10.8. The zero-order valence-corrected chi connectivity index (χ0v) is 11.3. The normalized spacial score (nSPS) is 14.0. The first-order valence-electron chi connectivity index (χ1n) is 6.54. The Morgan fingerprint density at radius 1 is 1.40 bits per heavy atom. The Morgan fingerprint density at radius 3 is 2.70 bits per heavy atom. The average Bonchev–Trinajstić information content (AvgIpc) is 2.39. The lowest BCUT2D eigenvalue weighted by atomic mass is 9.99. The molecule has 0 aliphatic heterocycles. The summed E-state index contributed by atoms with van der Waals surface area (Å²) in [6, 6.07) is 1.88. The van der Waals surface area contributed by atoms with E-state index < -0.39 is 29.7 Å². The highest BCUT2D eigenvalue weighted by molar-refractivity contribution is 5.67. The average molecular weight is 287 g/mol. The number of rotatable bonds is 8. The lowest BCUT2D eigenvalue weighted by molar-refractivity contribution is -0.138. The van der Waals surface area contributed by atoms with E-state index in [4.69, 9.17) is 5.11 Å². The molecule has 1 aromatic rings. The fourth-order valence-electron chi connectivity index (χ4n) is 1.91. The minimum Gasteiger partial charge on any atom is -0.481 e. The fourth-order valence-corrected chi connectivity index (χ4v) is 1.91. The van der Waals surface area contributed by atoms with E-state index in [2.05, 4.69) is 5.32 Å². The first-order valence-corrected chi connectivity index (χ1v) is 6.54. The third-order valence-corrected chi connectivity index (χ3v) is 2.99. The standard InChI is InChI=1S/C14H19F2NO3/c1-2-3-6-17-12(8-13(18)19)14(20)10-7-9(15)4-5-11(10)16/h4-5,7,12,14,17,20H,2-3,6,8H2,1H3,(H,18,19). The van der Waals surface area contributed by atoms with Crippen molar-refractivity contribution in [3.8, 4) is 0 Å². The molecule has 2 atom stereocenters. The van der Waals surface area contributed by atoms with Crippen molar-refractivity contribution in [2.24, 2.45) is 0 Å². The molecule has 0 radical (unpaired) electrons. The first kappa shape index (κ1) is 16.5. The number of carbonyl (C=O) groups is 1. The molecular weight excluding hydrogens is 268 g/mol. The Morgan fingerprint density at radius 2 is 2.10 bits per heavy atom. The van der Waals surface area contributed by atoms with E-state index >= 15 is 0 Å². The van der Waals surface area contributed by atoms with Gasteiger partial charge in [-0.25, -0.2) is 8.78 Å². The molecular formula is C14H19F2NO3. The van der Waals surface area contributed by atoms with Crippen molar-refractivity contribution >= 4 is 5.97 Å². The second-order valence-corrected chi connectivity index (χ2v) is 4.62. The summed E-state index contributed by atoms with van der Waals surface area (Å²) in [6.07, 6.45) is -0.0920. The van der Waals surface area contributed by atoms with Gasteiger partial charge in [0.05, 0.1) is 12.5 Å². The van der Waals surface area contributed by atoms with Gasteiger partial charge in [-0.05, 0) is 31.2 Å². The number of hydrogen-bond donors (Lipinski definition) is 3. The van der Waals surface area contributed by atoms with E-state index in [1.54, 1.807) is 0 Å². The second-order valence-electron chi connectivity index (χ2n) is 4.62. The third-order valence-electron chi connectivity index (χ3n) is 2.99. The Balaban J connectivity index is 2.87. The molecule has 6 heteroatoms. The van der Waals surface area contributed by atoms with E-state index in [9.17, 15) is 18.7 Å². The Labute approximate surface area is 116 Å². The fraction of sp³-hybridized carbons (Fsp3) is 0.500. The van der Waals surface area contributed by atoms with Crippen LogP contribution in [0, 0.1) is 11.6 Å². The van der Waals surface area contributed by atoms with E-state index in [-0.39, 0.29) is 12.0 Å². The molecule has 112 valence electrons. The number of halogens is 2. The summed E-state index contributed by atoms with van der Waals surface area (Å²) in [7, 11) is 0. The summed E-state index contributed by atoms with van der Waals surface area (Å²) in [5.74, 6) is -2.55. The Bertz CT molecular complexity index is 454. The maximum Gasteiger partial charge on any atom is 0.305 e. The van der Waals surface area contributed by atoms with Gasteiger partial charge in [0.1, 0.15) is 11.6 Å². The minimum absolute atomic E-state index is 0.236. The quantitative estimate of drug-likeness (QED) is 0.641. The number of carboxylic acid groups (broad SMARTS) is 1. The topological polar surface area (TPSA) is 69.6 Å². The molecule has 3 N–H and O–H groups in total. The molecule has 0 spiro atoms. The molecule has 2 unspecified atom stereocenters. The SMILES string of the molecule is CCCCNC(CC(=O)O)C(O)c1cc(F)ccc1F. The van der Waals surface area contributed by atoms with Crippen LogP contribution >= 0.6 is 0 Å². The van der Waals surface area contributed by atoms with E-state index in [0.717, 1.165) is 31.0 Å². The van der Waals surface area contributed by atoms with Crippen LogP contribution in [0.15, 0.2) is 18.2 Å². The minimum atomic E-state index is -1.42. The van der Waals surface area contributed by atoms with Gasteiger partial charge in [0.15, 0.2) is 0 Å². The largest absolute Gasteiger partial charge is 0.481 e. The van der Waals surface area contributed by atoms with Crippen molar-refractivity contribution in [2.45, 2.75) is 38.3 Å². The Hall–Kier alpha value is -1.53. The molecule has 0 aromatic heterocycles. The van der Waals surface area contributed by atoms with E-state index in [1.807, 2.05) is 6.92 Å². The third kappa shape index (κ3) is 4.86. The predicted molar refractivity (Wildman–Crippen MR) is 70.3 cm³/mol. The Kier molecular flexibility index (Phi) is 6.54. The summed E-state index contributed by atoms with van der Waals surface area (Å²) in [6.45, 7) is 2.47. The second kappa shape index (κ2) is 7.91. The highest BCUT2D eigenvalue weighted by Crippen LogP contribution is 2.23. The highest BCUT2D eigenvalue weighted by Gasteiger charge is 2.25. The number of aliphatic carboxylic acids is 1. The van der Waals surface area contributed by atoms with Crippen LogP contribution in [0.25, 0.3) is 0 Å². The van der Waals surface area contributed by atoms with Crippen molar-refractivity contribution in [3.05, 3.63) is 35.4 Å². The van der Waals surface area contributed by atoms with Gasteiger partial charge in [-0.2, -0.15) is 0 Å². The van der Waals surface area contributed by atoms with Crippen LogP contribution < -0.4 is 5.32 Å². The maximum atomic E-state index is 13.6. The van der Waals surface area contributed by atoms with E-state index in [1.165, 1.54) is 0 Å². The molecule has 0 bridgehead atoms. The van der Waals surface area contributed by atoms with Crippen LogP contribution in [-0.4, -0.2) is 28.8 Å². The molecule has 1 rings (SSSR count). The maximum absolute atomic E-state index is 13.6. The summed E-state index contributed by atoms with van der Waals surface area (Å²) < 4.78 is 26.7. The molecule has 0 aliphatic carbocycles. The van der Waals surface area contributed by atoms with E-state index in [0.29, 0.717) is 6.54 Å². The van der Waals surface area contributed by atoms with Crippen molar-refractivity contribution in [1.29, 1.82) is 0 Å². The van der Waals surface area contributed by atoms with Gasteiger partial charge in [0, 0.05) is 11.6 Å². The van der Waals surface area contributed by atoms with Gasteiger partial charge < -0.3 is 15.5 Å². The number of carboxylic acids is 1. The molecule has 0 saturated heterocycles. The smallest absolute Gasteiger partial charge is 0.305 e. The molecule has 4 nitrogen and oxygen atoms in total. The van der Waals surface area contributed by atoms with Crippen molar-refractivity contribution in [2.75, 3.05) is 6.54 Å². The molecule has 20 heavy (non-hydrogen) atoms. The zero-order valence-electron chi connectivity index (χ0n) is 11.3. The molecule has 0 saturated carbocycles. The lowest BCUT2D eigenvalue weighted by Gasteiger charge is -2.23. The number of unbranched alkanes of at least 4 members (excludes halogenated alkanes) is 1. The highest BCUT2D eigenvalue weighted by atomic mass is 19.1. The van der Waals surface area contributed by atoms with Gasteiger partial charge in [0.25, 0.3) is 0 Å². The number of hydrogen-bond acceptors (Lipinski definition) is 3. The van der Waals surface area contributed by atoms with Gasteiger partial charge in [-0.3, -0.25) is 4.79 Å². The summed E-state index contributed by atoms with van der Waals surface area (Å²) in [5.41, 5.74) is -0.236. The number of aliphatic hydroxyl groups is 1. The summed E-state index contributed by atoms with van der Waals surface area (Å²) >= 11 is 0. The van der Waals surface area contributed by atoms with Crippen LogP contribution in [0.1, 0.15) is 37.9 Å².